The topological polar surface area (TPSA) is 30.5 Å². The van der Waals surface area contributed by atoms with Crippen molar-refractivity contribution in [2.75, 3.05) is 40.0 Å². The van der Waals surface area contributed by atoms with Gasteiger partial charge in [-0.3, -0.25) is 0 Å². The van der Waals surface area contributed by atoms with Gasteiger partial charge in [-0.2, -0.15) is 0 Å². The lowest BCUT2D eigenvalue weighted by atomic mass is 9.76. The van der Waals surface area contributed by atoms with Crippen molar-refractivity contribution in [1.82, 2.24) is 5.32 Å². The highest BCUT2D eigenvalue weighted by Crippen LogP contribution is 2.34. The van der Waals surface area contributed by atoms with Crippen LogP contribution in [0.3, 0.4) is 0 Å². The van der Waals surface area contributed by atoms with Crippen LogP contribution >= 0.6 is 0 Å². The molecule has 1 rings (SSSR count). The Bertz CT molecular complexity index is 179. The molecule has 3 heteroatoms. The SMILES string of the molecule is COCCOCCCNCC1(C)CCCCC1. The number of methoxy groups -OCH3 is 1. The normalized spacial score (nSPS) is 19.4. The summed E-state index contributed by atoms with van der Waals surface area (Å²) < 4.78 is 10.3. The van der Waals surface area contributed by atoms with Gasteiger partial charge >= 0.3 is 0 Å². The summed E-state index contributed by atoms with van der Waals surface area (Å²) in [5.74, 6) is 0. The standard InChI is InChI=1S/C14H29NO2/c1-14(7-4-3-5-8-14)13-15-9-6-10-17-12-11-16-2/h15H,3-13H2,1-2H3. The summed E-state index contributed by atoms with van der Waals surface area (Å²) in [4.78, 5) is 0. The fraction of sp³-hybridized carbons (Fsp3) is 1.00. The van der Waals surface area contributed by atoms with Gasteiger partial charge in [-0.1, -0.05) is 26.2 Å². The second-order valence-corrected chi connectivity index (χ2v) is 5.51. The predicted molar refractivity (Wildman–Crippen MR) is 71.4 cm³/mol. The fourth-order valence-electron chi connectivity index (χ4n) is 2.52. The van der Waals surface area contributed by atoms with Crippen LogP contribution < -0.4 is 5.32 Å². The minimum Gasteiger partial charge on any atom is -0.382 e. The van der Waals surface area contributed by atoms with Crippen LogP contribution in [0.2, 0.25) is 0 Å². The Hall–Kier alpha value is -0.120. The molecule has 0 spiro atoms. The molecule has 1 aliphatic rings. The van der Waals surface area contributed by atoms with E-state index in [0.29, 0.717) is 18.6 Å². The zero-order valence-electron chi connectivity index (χ0n) is 11.6. The molecule has 0 atom stereocenters. The second kappa shape index (κ2) is 8.90. The van der Waals surface area contributed by atoms with E-state index in [1.807, 2.05) is 0 Å². The van der Waals surface area contributed by atoms with Crippen LogP contribution in [-0.2, 0) is 9.47 Å². The van der Waals surface area contributed by atoms with Gasteiger partial charge in [0.25, 0.3) is 0 Å². The minimum absolute atomic E-state index is 0.551. The molecule has 17 heavy (non-hydrogen) atoms. The molecular weight excluding hydrogens is 214 g/mol. The maximum Gasteiger partial charge on any atom is 0.0700 e. The Kier molecular flexibility index (Phi) is 7.82. The van der Waals surface area contributed by atoms with E-state index in [-0.39, 0.29) is 0 Å². The first-order chi connectivity index (χ1) is 8.27. The van der Waals surface area contributed by atoms with Crippen LogP contribution in [-0.4, -0.2) is 40.0 Å². The van der Waals surface area contributed by atoms with Gasteiger partial charge in [0.2, 0.25) is 0 Å². The van der Waals surface area contributed by atoms with E-state index in [2.05, 4.69) is 12.2 Å². The van der Waals surface area contributed by atoms with E-state index in [1.54, 1.807) is 7.11 Å². The Morgan fingerprint density at radius 2 is 1.82 bits per heavy atom. The largest absolute Gasteiger partial charge is 0.382 e. The molecule has 0 aromatic heterocycles. The molecule has 1 N–H and O–H groups in total. The average molecular weight is 243 g/mol. The van der Waals surface area contributed by atoms with Crippen LogP contribution in [0.4, 0.5) is 0 Å². The van der Waals surface area contributed by atoms with E-state index >= 15 is 0 Å². The average Bonchev–Trinajstić information content (AvgIpc) is 2.33. The quantitative estimate of drug-likeness (QED) is 0.631. The van der Waals surface area contributed by atoms with Crippen LogP contribution in [0, 0.1) is 5.41 Å². The Morgan fingerprint density at radius 1 is 1.06 bits per heavy atom. The molecule has 102 valence electrons. The highest BCUT2D eigenvalue weighted by atomic mass is 16.5. The smallest absolute Gasteiger partial charge is 0.0700 e. The van der Waals surface area contributed by atoms with E-state index in [1.165, 1.54) is 38.6 Å². The summed E-state index contributed by atoms with van der Waals surface area (Å²) in [7, 11) is 1.70. The van der Waals surface area contributed by atoms with Crippen molar-refractivity contribution in [2.45, 2.75) is 45.4 Å². The molecule has 0 heterocycles. The van der Waals surface area contributed by atoms with Gasteiger partial charge in [-0.25, -0.2) is 0 Å². The van der Waals surface area contributed by atoms with Crippen LogP contribution in [0.5, 0.6) is 0 Å². The van der Waals surface area contributed by atoms with Gasteiger partial charge in [0.05, 0.1) is 13.2 Å². The van der Waals surface area contributed by atoms with Crippen LogP contribution in [0.25, 0.3) is 0 Å². The predicted octanol–water partition coefficient (Wildman–Crippen LogP) is 2.60. The summed E-state index contributed by atoms with van der Waals surface area (Å²) in [5.41, 5.74) is 0.551. The Balaban J connectivity index is 1.89. The molecule has 0 aromatic rings. The van der Waals surface area contributed by atoms with Crippen molar-refractivity contribution in [1.29, 1.82) is 0 Å². The summed E-state index contributed by atoms with van der Waals surface area (Å²) >= 11 is 0. The second-order valence-electron chi connectivity index (χ2n) is 5.51. The molecular formula is C14H29NO2. The number of hydrogen-bond donors (Lipinski definition) is 1. The van der Waals surface area contributed by atoms with Gasteiger partial charge in [-0.15, -0.1) is 0 Å². The van der Waals surface area contributed by atoms with E-state index in [0.717, 1.165) is 19.6 Å². The summed E-state index contributed by atoms with van der Waals surface area (Å²) in [5, 5.41) is 3.58. The summed E-state index contributed by atoms with van der Waals surface area (Å²) in [6, 6.07) is 0. The minimum atomic E-state index is 0.551. The van der Waals surface area contributed by atoms with Crippen molar-refractivity contribution in [2.24, 2.45) is 5.41 Å². The van der Waals surface area contributed by atoms with Gasteiger partial charge in [0.15, 0.2) is 0 Å². The zero-order chi connectivity index (χ0) is 12.4. The third-order valence-corrected chi connectivity index (χ3v) is 3.69. The Labute approximate surface area is 106 Å². The van der Waals surface area contributed by atoms with Crippen LogP contribution in [0.15, 0.2) is 0 Å². The van der Waals surface area contributed by atoms with Crippen LogP contribution in [0.1, 0.15) is 45.4 Å². The molecule has 3 nitrogen and oxygen atoms in total. The maximum atomic E-state index is 5.43. The van der Waals surface area contributed by atoms with E-state index < -0.39 is 0 Å². The maximum absolute atomic E-state index is 5.43. The van der Waals surface area contributed by atoms with Gasteiger partial charge in [-0.05, 0) is 31.2 Å². The first-order valence-corrected chi connectivity index (χ1v) is 7.04. The van der Waals surface area contributed by atoms with Gasteiger partial charge in [0, 0.05) is 20.3 Å². The first-order valence-electron chi connectivity index (χ1n) is 7.04. The van der Waals surface area contributed by atoms with Gasteiger partial charge in [0.1, 0.15) is 0 Å². The molecule has 0 aromatic carbocycles. The van der Waals surface area contributed by atoms with Crippen molar-refractivity contribution in [3.63, 3.8) is 0 Å². The molecule has 0 unspecified atom stereocenters. The summed E-state index contributed by atoms with van der Waals surface area (Å²) in [6.07, 6.45) is 8.15. The lowest BCUT2D eigenvalue weighted by molar-refractivity contribution is 0.0690. The van der Waals surface area contributed by atoms with Crippen molar-refractivity contribution in [3.05, 3.63) is 0 Å². The molecule has 1 aliphatic carbocycles. The zero-order valence-corrected chi connectivity index (χ0v) is 11.6. The third-order valence-electron chi connectivity index (χ3n) is 3.69. The summed E-state index contributed by atoms with van der Waals surface area (Å²) in [6.45, 7) is 6.93. The van der Waals surface area contributed by atoms with Gasteiger partial charge < -0.3 is 14.8 Å². The first kappa shape index (κ1) is 14.9. The van der Waals surface area contributed by atoms with Crippen molar-refractivity contribution in [3.8, 4) is 0 Å². The lowest BCUT2D eigenvalue weighted by Gasteiger charge is -2.33. The monoisotopic (exact) mass is 243 g/mol. The molecule has 0 saturated heterocycles. The number of nitrogens with one attached hydrogen (secondary N) is 1. The highest BCUT2D eigenvalue weighted by molar-refractivity contribution is 4.80. The van der Waals surface area contributed by atoms with E-state index in [9.17, 15) is 0 Å². The van der Waals surface area contributed by atoms with Crippen molar-refractivity contribution < 1.29 is 9.47 Å². The van der Waals surface area contributed by atoms with E-state index in [4.69, 9.17) is 9.47 Å². The molecule has 0 aliphatic heterocycles. The number of rotatable bonds is 9. The molecule has 1 saturated carbocycles. The Morgan fingerprint density at radius 3 is 2.53 bits per heavy atom. The van der Waals surface area contributed by atoms with Crippen molar-refractivity contribution >= 4 is 0 Å². The molecule has 0 radical (unpaired) electrons. The lowest BCUT2D eigenvalue weighted by Crippen LogP contribution is -2.34. The highest BCUT2D eigenvalue weighted by Gasteiger charge is 2.25. The number of hydrogen-bond acceptors (Lipinski definition) is 3. The fourth-order valence-corrected chi connectivity index (χ4v) is 2.52. The third kappa shape index (κ3) is 7.02. The number of ether oxygens (including phenoxy) is 2. The molecule has 1 fully saturated rings. The molecule has 0 amide bonds. The molecule has 0 bridgehead atoms.